The summed E-state index contributed by atoms with van der Waals surface area (Å²) in [5.74, 6) is 0.636. The van der Waals surface area contributed by atoms with Crippen molar-refractivity contribution in [1.82, 2.24) is 10.6 Å². The zero-order valence-corrected chi connectivity index (χ0v) is 19.5. The molecule has 5 nitrogen and oxygen atoms in total. The van der Waals surface area contributed by atoms with Gasteiger partial charge in [0.25, 0.3) is 0 Å². The Bertz CT molecular complexity index is 538. The molecule has 0 bridgehead atoms. The first-order chi connectivity index (χ1) is 11.6. The highest BCUT2D eigenvalue weighted by molar-refractivity contribution is 9.11. The van der Waals surface area contributed by atoms with Crippen LogP contribution < -0.4 is 21.1 Å². The highest BCUT2D eigenvalue weighted by Crippen LogP contribution is 2.34. The molecule has 0 aromatic heterocycles. The third-order valence-corrected chi connectivity index (χ3v) is 4.47. The maximum Gasteiger partial charge on any atom is 0.243 e. The van der Waals surface area contributed by atoms with Crippen molar-refractivity contribution in [3.63, 3.8) is 0 Å². The number of carbonyl (C=O) groups is 1. The average Bonchev–Trinajstić information content (AvgIpc) is 2.55. The number of methoxy groups -OCH3 is 1. The average molecular weight is 536 g/mol. The second kappa shape index (κ2) is 16.8. The predicted molar refractivity (Wildman–Crippen MR) is 121 cm³/mol. The van der Waals surface area contributed by atoms with Crippen molar-refractivity contribution in [2.45, 2.75) is 19.3 Å². The van der Waals surface area contributed by atoms with Gasteiger partial charge in [-0.2, -0.15) is 0 Å². The lowest BCUT2D eigenvalue weighted by atomic mass is 10.2. The number of rotatable bonds is 11. The van der Waals surface area contributed by atoms with Crippen LogP contribution in [0.15, 0.2) is 27.2 Å². The van der Waals surface area contributed by atoms with Gasteiger partial charge >= 0.3 is 0 Å². The summed E-state index contributed by atoms with van der Waals surface area (Å²) in [5.41, 5.74) is 6.34. The van der Waals surface area contributed by atoms with Gasteiger partial charge in [-0.3, -0.25) is 4.79 Å². The largest absolute Gasteiger partial charge is 0.494 e. The number of hydrogen-bond acceptors (Lipinski definition) is 4. The van der Waals surface area contributed by atoms with E-state index >= 15 is 0 Å². The van der Waals surface area contributed by atoms with Gasteiger partial charge in [0, 0.05) is 12.6 Å². The lowest BCUT2D eigenvalue weighted by Gasteiger charge is -2.07. The molecular formula is C17H27Br2Cl2N3O2. The summed E-state index contributed by atoms with van der Waals surface area (Å²) in [6.07, 6.45) is 6.36. The van der Waals surface area contributed by atoms with Crippen molar-refractivity contribution in [2.75, 3.05) is 33.3 Å². The number of ether oxygens (including phenoxy) is 1. The molecule has 9 heteroatoms. The molecule has 0 aliphatic rings. The van der Waals surface area contributed by atoms with Crippen LogP contribution in [0, 0.1) is 0 Å². The van der Waals surface area contributed by atoms with Crippen LogP contribution in [0.2, 0.25) is 0 Å². The first kappa shape index (κ1) is 27.9. The van der Waals surface area contributed by atoms with Gasteiger partial charge in [0.15, 0.2) is 0 Å². The Morgan fingerprint density at radius 1 is 1.12 bits per heavy atom. The molecular weight excluding hydrogens is 509 g/mol. The van der Waals surface area contributed by atoms with Crippen molar-refractivity contribution >= 4 is 68.7 Å². The van der Waals surface area contributed by atoms with Crippen LogP contribution in [0.25, 0.3) is 6.08 Å². The molecule has 1 aromatic carbocycles. The van der Waals surface area contributed by atoms with E-state index in [0.29, 0.717) is 6.54 Å². The van der Waals surface area contributed by atoms with E-state index in [2.05, 4.69) is 42.5 Å². The van der Waals surface area contributed by atoms with Gasteiger partial charge in [-0.1, -0.05) is 0 Å². The molecule has 0 spiro atoms. The summed E-state index contributed by atoms with van der Waals surface area (Å²) in [7, 11) is 1.61. The lowest BCUT2D eigenvalue weighted by molar-refractivity contribution is -0.116. The maximum absolute atomic E-state index is 11.8. The maximum atomic E-state index is 11.8. The van der Waals surface area contributed by atoms with E-state index in [4.69, 9.17) is 10.5 Å². The van der Waals surface area contributed by atoms with Crippen LogP contribution in [0.3, 0.4) is 0 Å². The summed E-state index contributed by atoms with van der Waals surface area (Å²) in [4.78, 5) is 11.8. The summed E-state index contributed by atoms with van der Waals surface area (Å²) in [6, 6.07) is 3.80. The number of nitrogens with two attached hydrogens (primary N) is 1. The molecule has 0 saturated heterocycles. The van der Waals surface area contributed by atoms with Crippen molar-refractivity contribution in [1.29, 1.82) is 0 Å². The Balaban J connectivity index is 0. The molecule has 0 atom stereocenters. The summed E-state index contributed by atoms with van der Waals surface area (Å²) in [5, 5.41) is 6.20. The fourth-order valence-corrected chi connectivity index (χ4v) is 3.59. The minimum absolute atomic E-state index is 0. The van der Waals surface area contributed by atoms with Crippen LogP contribution in [0.1, 0.15) is 24.8 Å². The van der Waals surface area contributed by atoms with E-state index in [1.807, 2.05) is 12.1 Å². The van der Waals surface area contributed by atoms with Crippen LogP contribution in [0.5, 0.6) is 5.75 Å². The minimum atomic E-state index is -0.0961. The topological polar surface area (TPSA) is 76.4 Å². The van der Waals surface area contributed by atoms with Crippen LogP contribution in [-0.2, 0) is 4.79 Å². The molecule has 0 aliphatic heterocycles. The lowest BCUT2D eigenvalue weighted by Crippen LogP contribution is -2.26. The molecule has 0 saturated carbocycles. The highest BCUT2D eigenvalue weighted by Gasteiger charge is 2.06. The quantitative estimate of drug-likeness (QED) is 0.296. The zero-order valence-electron chi connectivity index (χ0n) is 14.7. The van der Waals surface area contributed by atoms with E-state index in [9.17, 15) is 4.79 Å². The van der Waals surface area contributed by atoms with Gasteiger partial charge in [0.1, 0.15) is 5.75 Å². The van der Waals surface area contributed by atoms with Crippen molar-refractivity contribution < 1.29 is 9.53 Å². The monoisotopic (exact) mass is 533 g/mol. The molecule has 0 heterocycles. The van der Waals surface area contributed by atoms with E-state index in [1.165, 1.54) is 6.08 Å². The Morgan fingerprint density at radius 2 is 1.73 bits per heavy atom. The first-order valence-electron chi connectivity index (χ1n) is 7.98. The van der Waals surface area contributed by atoms with E-state index < -0.39 is 0 Å². The summed E-state index contributed by atoms with van der Waals surface area (Å²) < 4.78 is 6.92. The zero-order chi connectivity index (χ0) is 17.8. The second-order valence-electron chi connectivity index (χ2n) is 5.24. The molecule has 4 N–H and O–H groups in total. The Labute approximate surface area is 185 Å². The number of benzene rings is 1. The molecule has 1 rings (SSSR count). The van der Waals surface area contributed by atoms with Crippen molar-refractivity contribution in [3.05, 3.63) is 32.7 Å². The number of hydrogen-bond donors (Lipinski definition) is 3. The number of carbonyl (C=O) groups excluding carboxylic acids is 1. The fourth-order valence-electron chi connectivity index (χ4n) is 2.05. The SMILES string of the molecule is COc1c(Br)cc(/C=C/C(=O)NCCCNCCCCN)cc1Br.Cl.Cl. The molecule has 0 unspecified atom stereocenters. The number of amides is 1. The molecule has 0 radical (unpaired) electrons. The summed E-state index contributed by atoms with van der Waals surface area (Å²) >= 11 is 6.89. The third-order valence-electron chi connectivity index (χ3n) is 3.29. The van der Waals surface area contributed by atoms with Crippen LogP contribution in [0.4, 0.5) is 0 Å². The highest BCUT2D eigenvalue weighted by atomic mass is 79.9. The summed E-state index contributed by atoms with van der Waals surface area (Å²) in [6.45, 7) is 3.27. The molecule has 1 amide bonds. The fraction of sp³-hybridized carbons (Fsp3) is 0.471. The van der Waals surface area contributed by atoms with Gasteiger partial charge in [-0.15, -0.1) is 24.8 Å². The van der Waals surface area contributed by atoms with Gasteiger partial charge in [-0.25, -0.2) is 0 Å². The smallest absolute Gasteiger partial charge is 0.243 e. The van der Waals surface area contributed by atoms with Gasteiger partial charge in [0.2, 0.25) is 5.91 Å². The van der Waals surface area contributed by atoms with Gasteiger partial charge in [0.05, 0.1) is 16.1 Å². The van der Waals surface area contributed by atoms with E-state index in [-0.39, 0.29) is 30.7 Å². The normalized spacial score (nSPS) is 10.2. The van der Waals surface area contributed by atoms with E-state index in [1.54, 1.807) is 13.2 Å². The Kier molecular flexibility index (Phi) is 18.1. The van der Waals surface area contributed by atoms with Gasteiger partial charge in [-0.05, 0) is 94.5 Å². The Morgan fingerprint density at radius 3 is 2.31 bits per heavy atom. The number of nitrogens with one attached hydrogen (secondary N) is 2. The molecule has 0 fully saturated rings. The van der Waals surface area contributed by atoms with E-state index in [0.717, 1.165) is 59.2 Å². The third kappa shape index (κ3) is 11.4. The second-order valence-corrected chi connectivity index (χ2v) is 6.95. The minimum Gasteiger partial charge on any atom is -0.494 e. The molecule has 0 aliphatic carbocycles. The standard InChI is InChI=1S/C17H25Br2N3O2.2ClH/c1-24-17-14(18)11-13(12-15(17)19)5-6-16(23)22-10-4-9-21-8-3-2-7-20;;/h5-6,11-12,21H,2-4,7-10,20H2,1H3,(H,22,23);2*1H/b6-5+;;. The Hall–Kier alpha value is -0.310. The first-order valence-corrected chi connectivity index (χ1v) is 9.56. The van der Waals surface area contributed by atoms with Crippen molar-refractivity contribution in [3.8, 4) is 5.75 Å². The number of unbranched alkanes of at least 4 members (excludes halogenated alkanes) is 1. The molecule has 150 valence electrons. The van der Waals surface area contributed by atoms with Crippen LogP contribution in [-0.4, -0.2) is 39.2 Å². The van der Waals surface area contributed by atoms with Crippen LogP contribution >= 0.6 is 56.7 Å². The number of halogens is 4. The molecule has 26 heavy (non-hydrogen) atoms. The molecule has 1 aromatic rings. The van der Waals surface area contributed by atoms with Crippen molar-refractivity contribution in [2.24, 2.45) is 5.73 Å². The van der Waals surface area contributed by atoms with Gasteiger partial charge < -0.3 is 21.1 Å². The predicted octanol–water partition coefficient (Wildman–Crippen LogP) is 3.91.